The number of nitrogens with zero attached hydrogens (tertiary/aromatic N) is 3. The van der Waals surface area contributed by atoms with E-state index in [0.717, 1.165) is 16.8 Å². The zero-order valence-corrected chi connectivity index (χ0v) is 22.9. The van der Waals surface area contributed by atoms with Crippen LogP contribution < -0.4 is 9.64 Å². The molecule has 39 heavy (non-hydrogen) atoms. The van der Waals surface area contributed by atoms with Crippen molar-refractivity contribution >= 4 is 40.9 Å². The number of allylic oxidation sites excluding steroid dienone is 1. The molecular formula is C30H26ClN3O4S. The summed E-state index contributed by atoms with van der Waals surface area (Å²) in [6, 6.07) is 24.6. The maximum Gasteiger partial charge on any atom is 0.338 e. The summed E-state index contributed by atoms with van der Waals surface area (Å²) in [5.41, 5.74) is 3.89. The summed E-state index contributed by atoms with van der Waals surface area (Å²) in [4.78, 5) is 29.0. The molecule has 1 atom stereocenters. The molecule has 0 aliphatic carbocycles. The second kappa shape index (κ2) is 11.9. The Morgan fingerprint density at radius 2 is 1.79 bits per heavy atom. The lowest BCUT2D eigenvalue weighted by Gasteiger charge is -2.42. The van der Waals surface area contributed by atoms with E-state index in [9.17, 15) is 14.9 Å². The van der Waals surface area contributed by atoms with E-state index in [2.05, 4.69) is 6.07 Å². The molecule has 2 heterocycles. The third kappa shape index (κ3) is 5.90. The highest BCUT2D eigenvalue weighted by Crippen LogP contribution is 2.43. The van der Waals surface area contributed by atoms with Crippen LogP contribution in [0.3, 0.4) is 0 Å². The Bertz CT molecular complexity index is 1430. The fourth-order valence-corrected chi connectivity index (χ4v) is 5.87. The highest BCUT2D eigenvalue weighted by molar-refractivity contribution is 8.03. The summed E-state index contributed by atoms with van der Waals surface area (Å²) >= 11 is 7.42. The number of hydrogen-bond donors (Lipinski definition) is 0. The molecule has 198 valence electrons. The maximum absolute atomic E-state index is 13.3. The number of thioether (sulfide) groups is 1. The number of hydrogen-bond acceptors (Lipinski definition) is 7. The van der Waals surface area contributed by atoms with Gasteiger partial charge in [0.1, 0.15) is 12.4 Å². The van der Waals surface area contributed by atoms with Crippen molar-refractivity contribution in [2.45, 2.75) is 25.9 Å². The number of esters is 1. The molecule has 2 aliphatic rings. The van der Waals surface area contributed by atoms with Crippen LogP contribution in [0.1, 0.15) is 40.7 Å². The van der Waals surface area contributed by atoms with Crippen molar-refractivity contribution in [1.82, 2.24) is 4.90 Å². The van der Waals surface area contributed by atoms with E-state index in [0.29, 0.717) is 52.7 Å². The minimum absolute atomic E-state index is 0.0302. The molecule has 9 heteroatoms. The van der Waals surface area contributed by atoms with E-state index in [1.54, 1.807) is 24.0 Å². The molecule has 0 spiro atoms. The number of ether oxygens (including phenoxy) is 2. The van der Waals surface area contributed by atoms with Gasteiger partial charge in [-0.25, -0.2) is 4.79 Å². The third-order valence-corrected chi connectivity index (χ3v) is 8.04. The number of amides is 1. The summed E-state index contributed by atoms with van der Waals surface area (Å²) in [5, 5.41) is 11.5. The van der Waals surface area contributed by atoms with Crippen LogP contribution in [0.4, 0.5) is 5.69 Å². The molecule has 7 nitrogen and oxygen atoms in total. The minimum atomic E-state index is -0.362. The minimum Gasteiger partial charge on any atom is -0.489 e. The molecule has 1 saturated heterocycles. The molecule has 5 rings (SSSR count). The van der Waals surface area contributed by atoms with Gasteiger partial charge in [0.15, 0.2) is 0 Å². The first-order valence-corrected chi connectivity index (χ1v) is 13.9. The van der Waals surface area contributed by atoms with Crippen molar-refractivity contribution in [3.63, 3.8) is 0 Å². The number of nitriles is 1. The van der Waals surface area contributed by atoms with Crippen LogP contribution in [-0.4, -0.2) is 35.9 Å². The topological polar surface area (TPSA) is 82.9 Å². The Morgan fingerprint density at radius 1 is 1.08 bits per heavy atom. The molecule has 0 saturated carbocycles. The van der Waals surface area contributed by atoms with Crippen LogP contribution in [0.2, 0.25) is 5.02 Å². The van der Waals surface area contributed by atoms with Crippen molar-refractivity contribution in [2.24, 2.45) is 0 Å². The SMILES string of the molecule is CCOC(=O)c1ccc(N2CSC3=C(C#N)[C@H](c4ccc(OCc5ccc(Cl)cc5)cc4)CC(=O)N3C2)cc1. The fraction of sp³-hybridized carbons (Fsp3) is 0.233. The molecule has 0 aromatic heterocycles. The standard InChI is InChI=1S/C30H26ClN3O4S/c1-2-37-30(36)22-5-11-24(12-6-22)33-18-34-28(35)15-26(27(16-32)29(34)39-19-33)21-7-13-25(14-8-21)38-17-20-3-9-23(31)10-4-20/h3-14,26H,2,15,17-19H2,1H3/t26-/m0/s1. The maximum atomic E-state index is 13.3. The van der Waals surface area contributed by atoms with Crippen molar-refractivity contribution in [1.29, 1.82) is 5.26 Å². The first-order valence-electron chi connectivity index (χ1n) is 12.5. The van der Waals surface area contributed by atoms with Gasteiger partial charge in [-0.2, -0.15) is 5.26 Å². The summed E-state index contributed by atoms with van der Waals surface area (Å²) in [6.07, 6.45) is 0.216. The molecule has 0 unspecified atom stereocenters. The Hall–Kier alpha value is -3.93. The van der Waals surface area contributed by atoms with E-state index in [1.165, 1.54) is 11.8 Å². The number of halogens is 1. The summed E-state index contributed by atoms with van der Waals surface area (Å²) in [5.74, 6) is 0.590. The quantitative estimate of drug-likeness (QED) is 0.313. The van der Waals surface area contributed by atoms with Gasteiger partial charge in [0.05, 0.1) is 41.4 Å². The number of fused-ring (bicyclic) bond motifs is 1. The zero-order chi connectivity index (χ0) is 27.4. The summed E-state index contributed by atoms with van der Waals surface area (Å²) in [6.45, 7) is 2.85. The van der Waals surface area contributed by atoms with E-state index >= 15 is 0 Å². The van der Waals surface area contributed by atoms with E-state index in [-0.39, 0.29) is 24.2 Å². The van der Waals surface area contributed by atoms with Crippen LogP contribution in [0.25, 0.3) is 0 Å². The van der Waals surface area contributed by atoms with Crippen LogP contribution >= 0.6 is 23.4 Å². The van der Waals surface area contributed by atoms with Crippen LogP contribution in [0, 0.1) is 11.3 Å². The van der Waals surface area contributed by atoms with Crippen molar-refractivity contribution in [3.05, 3.63) is 105 Å². The van der Waals surface area contributed by atoms with Gasteiger partial charge in [-0.05, 0) is 66.6 Å². The number of carbonyl (C=O) groups is 2. The zero-order valence-electron chi connectivity index (χ0n) is 21.3. The molecule has 3 aromatic rings. The predicted molar refractivity (Wildman–Crippen MR) is 151 cm³/mol. The Kier molecular flexibility index (Phi) is 8.10. The average Bonchev–Trinajstić information content (AvgIpc) is 2.97. The lowest BCUT2D eigenvalue weighted by molar-refractivity contribution is -0.129. The Morgan fingerprint density at radius 3 is 2.46 bits per heavy atom. The molecule has 1 fully saturated rings. The molecule has 3 aromatic carbocycles. The second-order valence-corrected chi connectivity index (χ2v) is 10.5. The Labute approximate surface area is 236 Å². The summed E-state index contributed by atoms with van der Waals surface area (Å²) < 4.78 is 10.9. The van der Waals surface area contributed by atoms with E-state index in [1.807, 2.05) is 65.6 Å². The van der Waals surface area contributed by atoms with Crippen LogP contribution in [0.15, 0.2) is 83.4 Å². The van der Waals surface area contributed by atoms with Crippen molar-refractivity contribution in [2.75, 3.05) is 24.1 Å². The molecule has 2 aliphatic heterocycles. The van der Waals surface area contributed by atoms with E-state index < -0.39 is 0 Å². The Balaban J connectivity index is 1.28. The third-order valence-electron chi connectivity index (χ3n) is 6.64. The molecule has 1 amide bonds. The molecule has 0 bridgehead atoms. The monoisotopic (exact) mass is 559 g/mol. The first kappa shape index (κ1) is 26.7. The number of anilines is 1. The van der Waals surface area contributed by atoms with Gasteiger partial charge < -0.3 is 14.4 Å². The van der Waals surface area contributed by atoms with Crippen LogP contribution in [-0.2, 0) is 16.1 Å². The lowest BCUT2D eigenvalue weighted by atomic mass is 9.86. The molecule has 0 radical (unpaired) electrons. The smallest absolute Gasteiger partial charge is 0.338 e. The fourth-order valence-electron chi connectivity index (χ4n) is 4.58. The predicted octanol–water partition coefficient (Wildman–Crippen LogP) is 6.32. The molecular weight excluding hydrogens is 534 g/mol. The van der Waals surface area contributed by atoms with Gasteiger partial charge in [0.2, 0.25) is 5.91 Å². The number of rotatable bonds is 7. The van der Waals surface area contributed by atoms with Gasteiger partial charge in [-0.15, -0.1) is 0 Å². The van der Waals surface area contributed by atoms with Gasteiger partial charge in [-0.1, -0.05) is 47.6 Å². The second-order valence-electron chi connectivity index (χ2n) is 9.12. The average molecular weight is 560 g/mol. The first-order chi connectivity index (χ1) is 19.0. The van der Waals surface area contributed by atoms with Gasteiger partial charge in [0, 0.05) is 23.0 Å². The highest BCUT2D eigenvalue weighted by atomic mass is 35.5. The highest BCUT2D eigenvalue weighted by Gasteiger charge is 2.38. The van der Waals surface area contributed by atoms with Gasteiger partial charge in [0.25, 0.3) is 0 Å². The molecule has 0 N–H and O–H groups in total. The van der Waals surface area contributed by atoms with Crippen molar-refractivity contribution < 1.29 is 19.1 Å². The van der Waals surface area contributed by atoms with Gasteiger partial charge >= 0.3 is 5.97 Å². The normalized spacial score (nSPS) is 16.9. The van der Waals surface area contributed by atoms with Crippen molar-refractivity contribution in [3.8, 4) is 11.8 Å². The van der Waals surface area contributed by atoms with Gasteiger partial charge in [-0.3, -0.25) is 9.69 Å². The summed E-state index contributed by atoms with van der Waals surface area (Å²) in [7, 11) is 0. The van der Waals surface area contributed by atoms with Crippen LogP contribution in [0.5, 0.6) is 5.75 Å². The number of benzene rings is 3. The van der Waals surface area contributed by atoms with E-state index in [4.69, 9.17) is 21.1 Å². The largest absolute Gasteiger partial charge is 0.489 e. The lowest BCUT2D eigenvalue weighted by Crippen LogP contribution is -2.47. The number of carbonyl (C=O) groups excluding carboxylic acids is 2.